The van der Waals surface area contributed by atoms with Crippen molar-refractivity contribution >= 4 is 34.8 Å². The van der Waals surface area contributed by atoms with Crippen LogP contribution < -0.4 is 10.6 Å². The van der Waals surface area contributed by atoms with E-state index in [-0.39, 0.29) is 5.69 Å². The smallest absolute Gasteiger partial charge is 0.277 e. The van der Waals surface area contributed by atoms with E-state index in [4.69, 9.17) is 16.1 Å². The molecule has 8 heteroatoms. The molecule has 0 aliphatic carbocycles. The highest BCUT2D eigenvalue weighted by molar-refractivity contribution is 6.31. The maximum absolute atomic E-state index is 12.1. The molecule has 0 unspecified atom stereocenters. The number of carbonyl (C=O) groups is 1. The molecular formula is C16H14ClN5O2. The first-order valence-corrected chi connectivity index (χ1v) is 7.51. The van der Waals surface area contributed by atoms with Crippen LogP contribution in [-0.2, 0) is 0 Å². The first-order chi connectivity index (χ1) is 11.5. The summed E-state index contributed by atoms with van der Waals surface area (Å²) < 4.78 is 4.89. The number of aromatic nitrogens is 3. The molecule has 2 aromatic heterocycles. The third kappa shape index (κ3) is 3.52. The molecule has 3 rings (SSSR count). The van der Waals surface area contributed by atoms with E-state index >= 15 is 0 Å². The normalized spacial score (nSPS) is 10.5. The van der Waals surface area contributed by atoms with Crippen molar-refractivity contribution in [2.75, 3.05) is 10.6 Å². The molecule has 0 atom stereocenters. The molecule has 0 spiro atoms. The molecule has 0 aliphatic rings. The van der Waals surface area contributed by atoms with E-state index in [0.717, 1.165) is 11.3 Å². The number of aryl methyl sites for hydroxylation is 1. The maximum Gasteiger partial charge on any atom is 0.277 e. The summed E-state index contributed by atoms with van der Waals surface area (Å²) in [6, 6.07) is 10.4. The lowest BCUT2D eigenvalue weighted by atomic mass is 10.2. The minimum Gasteiger partial charge on any atom is -0.360 e. The second-order valence-electron chi connectivity index (χ2n) is 5.12. The van der Waals surface area contributed by atoms with Crippen molar-refractivity contribution in [1.82, 2.24) is 15.4 Å². The van der Waals surface area contributed by atoms with Crippen LogP contribution in [0.2, 0.25) is 5.02 Å². The molecule has 122 valence electrons. The third-order valence-electron chi connectivity index (χ3n) is 3.30. The number of halogens is 1. The zero-order valence-corrected chi connectivity index (χ0v) is 13.8. The summed E-state index contributed by atoms with van der Waals surface area (Å²) in [7, 11) is 0. The van der Waals surface area contributed by atoms with Gasteiger partial charge in [-0.15, -0.1) is 10.2 Å². The highest BCUT2D eigenvalue weighted by Gasteiger charge is 2.11. The van der Waals surface area contributed by atoms with Gasteiger partial charge in [-0.1, -0.05) is 22.8 Å². The van der Waals surface area contributed by atoms with Gasteiger partial charge in [0.25, 0.3) is 5.91 Å². The predicted molar refractivity (Wildman–Crippen MR) is 90.7 cm³/mol. The molecule has 3 aromatic rings. The number of carbonyl (C=O) groups excluding carboxylic acids is 1. The summed E-state index contributed by atoms with van der Waals surface area (Å²) >= 11 is 6.08. The molecule has 0 saturated heterocycles. The van der Waals surface area contributed by atoms with Crippen molar-refractivity contribution in [3.05, 3.63) is 58.4 Å². The Morgan fingerprint density at radius 2 is 1.96 bits per heavy atom. The molecule has 2 heterocycles. The van der Waals surface area contributed by atoms with Crippen LogP contribution in [0, 0.1) is 13.8 Å². The molecule has 24 heavy (non-hydrogen) atoms. The molecule has 0 fully saturated rings. The largest absolute Gasteiger partial charge is 0.360 e. The number of amides is 1. The van der Waals surface area contributed by atoms with E-state index in [1.165, 1.54) is 0 Å². The van der Waals surface area contributed by atoms with Crippen molar-refractivity contribution < 1.29 is 9.32 Å². The van der Waals surface area contributed by atoms with E-state index < -0.39 is 5.91 Å². The van der Waals surface area contributed by atoms with Crippen molar-refractivity contribution in [3.63, 3.8) is 0 Å². The van der Waals surface area contributed by atoms with Crippen molar-refractivity contribution in [2.24, 2.45) is 0 Å². The second-order valence-corrected chi connectivity index (χ2v) is 5.53. The van der Waals surface area contributed by atoms with Crippen LogP contribution in [-0.4, -0.2) is 21.3 Å². The van der Waals surface area contributed by atoms with Gasteiger partial charge in [0.1, 0.15) is 5.76 Å². The molecule has 1 aromatic carbocycles. The Morgan fingerprint density at radius 3 is 2.62 bits per heavy atom. The Labute approximate surface area is 143 Å². The van der Waals surface area contributed by atoms with Gasteiger partial charge < -0.3 is 15.2 Å². The van der Waals surface area contributed by atoms with E-state index in [1.807, 2.05) is 25.1 Å². The summed E-state index contributed by atoms with van der Waals surface area (Å²) in [5.74, 6) is 1.03. The lowest BCUT2D eigenvalue weighted by Gasteiger charge is -2.09. The topological polar surface area (TPSA) is 92.9 Å². The van der Waals surface area contributed by atoms with E-state index in [1.54, 1.807) is 25.1 Å². The molecule has 0 bridgehead atoms. The lowest BCUT2D eigenvalue weighted by Crippen LogP contribution is -2.14. The molecule has 2 N–H and O–H groups in total. The zero-order valence-electron chi connectivity index (χ0n) is 13.0. The van der Waals surface area contributed by atoms with Crippen molar-refractivity contribution in [3.8, 4) is 0 Å². The summed E-state index contributed by atoms with van der Waals surface area (Å²) in [5, 5.41) is 18.0. The van der Waals surface area contributed by atoms with Crippen LogP contribution in [0.3, 0.4) is 0 Å². The van der Waals surface area contributed by atoms with Gasteiger partial charge in [-0.05, 0) is 43.7 Å². The minimum atomic E-state index is -0.415. The number of nitrogens with zero attached hydrogens (tertiary/aromatic N) is 3. The fraction of sp³-hybridized carbons (Fsp3) is 0.125. The minimum absolute atomic E-state index is 0.170. The van der Waals surface area contributed by atoms with Gasteiger partial charge in [0.05, 0.1) is 0 Å². The van der Waals surface area contributed by atoms with Crippen LogP contribution in [0.5, 0.6) is 0 Å². The summed E-state index contributed by atoms with van der Waals surface area (Å²) in [5.41, 5.74) is 1.90. The Morgan fingerprint density at radius 1 is 1.12 bits per heavy atom. The van der Waals surface area contributed by atoms with Gasteiger partial charge in [-0.3, -0.25) is 4.79 Å². The number of hydrogen-bond acceptors (Lipinski definition) is 6. The highest BCUT2D eigenvalue weighted by atomic mass is 35.5. The van der Waals surface area contributed by atoms with Crippen LogP contribution in [0.15, 0.2) is 40.9 Å². The van der Waals surface area contributed by atoms with Gasteiger partial charge in [0.2, 0.25) is 0 Å². The fourth-order valence-electron chi connectivity index (χ4n) is 2.01. The Balaban J connectivity index is 1.71. The number of anilines is 3. The summed E-state index contributed by atoms with van der Waals surface area (Å²) in [6.07, 6.45) is 0. The van der Waals surface area contributed by atoms with Crippen LogP contribution in [0.25, 0.3) is 0 Å². The highest BCUT2D eigenvalue weighted by Crippen LogP contribution is 2.25. The molecule has 7 nitrogen and oxygen atoms in total. The Bertz CT molecular complexity index is 876. The summed E-state index contributed by atoms with van der Waals surface area (Å²) in [4.78, 5) is 12.1. The number of rotatable bonds is 4. The fourth-order valence-corrected chi connectivity index (χ4v) is 2.18. The first kappa shape index (κ1) is 15.9. The molecule has 0 saturated carbocycles. The van der Waals surface area contributed by atoms with E-state index in [0.29, 0.717) is 22.4 Å². The summed E-state index contributed by atoms with van der Waals surface area (Å²) in [6.45, 7) is 3.64. The number of nitrogens with one attached hydrogen (secondary N) is 2. The Kier molecular flexibility index (Phi) is 4.43. The second kappa shape index (κ2) is 6.67. The van der Waals surface area contributed by atoms with Crippen molar-refractivity contribution in [2.45, 2.75) is 13.8 Å². The van der Waals surface area contributed by atoms with Crippen LogP contribution in [0.1, 0.15) is 21.8 Å². The first-order valence-electron chi connectivity index (χ1n) is 7.13. The van der Waals surface area contributed by atoms with E-state index in [9.17, 15) is 4.79 Å². The Hall–Kier alpha value is -2.93. The predicted octanol–water partition coefficient (Wildman–Crippen LogP) is 3.73. The SMILES string of the molecule is Cc1cc(NC(=O)c2ccc(Nc3cccc(Cl)c3C)nn2)no1. The van der Waals surface area contributed by atoms with Gasteiger partial charge in [-0.25, -0.2) is 0 Å². The molecular weight excluding hydrogens is 330 g/mol. The monoisotopic (exact) mass is 343 g/mol. The van der Waals surface area contributed by atoms with Gasteiger partial charge in [0, 0.05) is 16.8 Å². The lowest BCUT2D eigenvalue weighted by molar-refractivity contribution is 0.102. The van der Waals surface area contributed by atoms with Crippen molar-refractivity contribution in [1.29, 1.82) is 0 Å². The quantitative estimate of drug-likeness (QED) is 0.749. The average molecular weight is 344 g/mol. The number of hydrogen-bond donors (Lipinski definition) is 2. The van der Waals surface area contributed by atoms with E-state index in [2.05, 4.69) is 26.0 Å². The molecule has 1 amide bonds. The number of benzene rings is 1. The van der Waals surface area contributed by atoms with Crippen LogP contribution >= 0.6 is 11.6 Å². The van der Waals surface area contributed by atoms with Gasteiger partial charge in [-0.2, -0.15) is 0 Å². The van der Waals surface area contributed by atoms with Gasteiger partial charge in [0.15, 0.2) is 17.3 Å². The molecule has 0 aliphatic heterocycles. The van der Waals surface area contributed by atoms with Crippen LogP contribution in [0.4, 0.5) is 17.3 Å². The zero-order chi connectivity index (χ0) is 17.1. The van der Waals surface area contributed by atoms with Gasteiger partial charge >= 0.3 is 0 Å². The average Bonchev–Trinajstić information content (AvgIpc) is 2.97. The maximum atomic E-state index is 12.1. The molecule has 0 radical (unpaired) electrons. The standard InChI is InChI=1S/C16H14ClN5O2/c1-9-8-15(22-24-9)19-16(23)13-6-7-14(21-20-13)18-12-5-3-4-11(17)10(12)2/h3-8H,1-2H3,(H,18,21)(H,19,22,23). The third-order valence-corrected chi connectivity index (χ3v) is 3.71.